The summed E-state index contributed by atoms with van der Waals surface area (Å²) >= 11 is 0. The number of rotatable bonds is 11. The molecule has 0 saturated carbocycles. The summed E-state index contributed by atoms with van der Waals surface area (Å²) in [6.45, 7) is 10.3. The second kappa shape index (κ2) is 11.3. The minimum absolute atomic E-state index is 0.182. The van der Waals surface area contributed by atoms with Gasteiger partial charge in [0.25, 0.3) is 10.0 Å². The van der Waals surface area contributed by atoms with Gasteiger partial charge in [0.15, 0.2) is 0 Å². The van der Waals surface area contributed by atoms with Crippen molar-refractivity contribution in [2.75, 3.05) is 17.4 Å². The maximum absolute atomic E-state index is 13.5. The van der Waals surface area contributed by atoms with E-state index in [0.717, 1.165) is 42.4 Å². The predicted molar refractivity (Wildman–Crippen MR) is 128 cm³/mol. The molecule has 1 amide bonds. The van der Waals surface area contributed by atoms with Crippen LogP contribution in [0.5, 0.6) is 0 Å². The second-order valence-corrected chi connectivity index (χ2v) is 10.1. The van der Waals surface area contributed by atoms with Crippen molar-refractivity contribution in [2.24, 2.45) is 5.92 Å². The van der Waals surface area contributed by atoms with Gasteiger partial charge in [-0.1, -0.05) is 62.9 Å². The van der Waals surface area contributed by atoms with Crippen LogP contribution in [0.15, 0.2) is 47.4 Å². The van der Waals surface area contributed by atoms with E-state index < -0.39 is 10.0 Å². The number of anilines is 1. The van der Waals surface area contributed by atoms with Crippen molar-refractivity contribution in [3.05, 3.63) is 59.2 Å². The first-order valence-electron chi connectivity index (χ1n) is 11.1. The van der Waals surface area contributed by atoms with Crippen molar-refractivity contribution in [1.29, 1.82) is 0 Å². The van der Waals surface area contributed by atoms with Gasteiger partial charge in [-0.15, -0.1) is 0 Å². The van der Waals surface area contributed by atoms with E-state index in [1.54, 1.807) is 30.3 Å². The van der Waals surface area contributed by atoms with E-state index in [2.05, 4.69) is 19.2 Å². The van der Waals surface area contributed by atoms with Gasteiger partial charge in [0.1, 0.15) is 6.54 Å². The molecular weight excluding hydrogens is 408 g/mol. The van der Waals surface area contributed by atoms with Crippen LogP contribution in [0.2, 0.25) is 0 Å². The number of sulfonamides is 1. The van der Waals surface area contributed by atoms with Crippen LogP contribution >= 0.6 is 0 Å². The summed E-state index contributed by atoms with van der Waals surface area (Å²) in [6.07, 6.45) is 4.31. The Hall–Kier alpha value is -2.34. The van der Waals surface area contributed by atoms with Crippen LogP contribution in [0.1, 0.15) is 56.2 Å². The zero-order valence-electron chi connectivity index (χ0n) is 19.4. The first kappa shape index (κ1) is 24.9. The largest absolute Gasteiger partial charge is 0.354 e. The summed E-state index contributed by atoms with van der Waals surface area (Å²) in [5.41, 5.74) is 3.34. The SMILES string of the molecule is CCCCC(CC)CNC(=O)CN(c1cccc(C)c1C)S(=O)(=O)c1ccc(C)cc1. The number of benzene rings is 2. The van der Waals surface area contributed by atoms with Gasteiger partial charge in [-0.05, 0) is 62.4 Å². The number of hydrogen-bond donors (Lipinski definition) is 1. The molecule has 31 heavy (non-hydrogen) atoms. The Balaban J connectivity index is 2.31. The van der Waals surface area contributed by atoms with Crippen molar-refractivity contribution < 1.29 is 13.2 Å². The van der Waals surface area contributed by atoms with Gasteiger partial charge in [0.2, 0.25) is 5.91 Å². The molecule has 170 valence electrons. The van der Waals surface area contributed by atoms with Gasteiger partial charge in [0, 0.05) is 6.54 Å². The lowest BCUT2D eigenvalue weighted by Gasteiger charge is -2.26. The lowest BCUT2D eigenvalue weighted by atomic mass is 9.99. The molecule has 0 bridgehead atoms. The molecule has 0 radical (unpaired) electrons. The minimum atomic E-state index is -3.89. The molecule has 0 aromatic heterocycles. The van der Waals surface area contributed by atoms with Crippen LogP contribution in [-0.2, 0) is 14.8 Å². The highest BCUT2D eigenvalue weighted by Gasteiger charge is 2.28. The number of unbranched alkanes of at least 4 members (excludes halogenated alkanes) is 1. The van der Waals surface area contributed by atoms with E-state index in [1.165, 1.54) is 4.31 Å². The first-order chi connectivity index (χ1) is 14.7. The highest BCUT2D eigenvalue weighted by molar-refractivity contribution is 7.92. The fourth-order valence-electron chi connectivity index (χ4n) is 3.53. The highest BCUT2D eigenvalue weighted by Crippen LogP contribution is 2.28. The fraction of sp³-hybridized carbons (Fsp3) is 0.480. The molecule has 1 unspecified atom stereocenters. The Bertz CT molecular complexity index is 969. The van der Waals surface area contributed by atoms with E-state index >= 15 is 0 Å². The van der Waals surface area contributed by atoms with Gasteiger partial charge in [-0.25, -0.2) is 8.42 Å². The quantitative estimate of drug-likeness (QED) is 0.522. The zero-order valence-corrected chi connectivity index (χ0v) is 20.3. The topological polar surface area (TPSA) is 66.5 Å². The number of aryl methyl sites for hydroxylation is 2. The Labute approximate surface area is 187 Å². The van der Waals surface area contributed by atoms with Crippen molar-refractivity contribution >= 4 is 21.6 Å². The second-order valence-electron chi connectivity index (χ2n) is 8.26. The normalized spacial score (nSPS) is 12.4. The molecule has 0 saturated heterocycles. The maximum atomic E-state index is 13.5. The van der Waals surface area contributed by atoms with Gasteiger partial charge < -0.3 is 5.32 Å². The molecule has 0 spiro atoms. The molecule has 0 fully saturated rings. The fourth-order valence-corrected chi connectivity index (χ4v) is 5.01. The molecule has 2 rings (SSSR count). The van der Waals surface area contributed by atoms with Crippen molar-refractivity contribution in [1.82, 2.24) is 5.32 Å². The number of carbonyl (C=O) groups is 1. The summed E-state index contributed by atoms with van der Waals surface area (Å²) < 4.78 is 28.3. The molecule has 6 heteroatoms. The van der Waals surface area contributed by atoms with E-state index in [1.807, 2.05) is 32.9 Å². The molecule has 5 nitrogen and oxygen atoms in total. The summed E-state index contributed by atoms with van der Waals surface area (Å²) in [6, 6.07) is 12.3. The molecule has 2 aromatic rings. The third-order valence-corrected chi connectivity index (χ3v) is 7.65. The lowest BCUT2D eigenvalue weighted by molar-refractivity contribution is -0.119. The predicted octanol–water partition coefficient (Wildman–Crippen LogP) is 5.14. The first-order valence-corrected chi connectivity index (χ1v) is 12.6. The Morgan fingerprint density at radius 1 is 1.03 bits per heavy atom. The van der Waals surface area contributed by atoms with E-state index in [4.69, 9.17) is 0 Å². The smallest absolute Gasteiger partial charge is 0.264 e. The average Bonchev–Trinajstić information content (AvgIpc) is 2.74. The monoisotopic (exact) mass is 444 g/mol. The zero-order chi connectivity index (χ0) is 23.0. The Kier molecular flexibility index (Phi) is 9.11. The van der Waals surface area contributed by atoms with Gasteiger partial charge in [-0.2, -0.15) is 0 Å². The number of nitrogens with one attached hydrogen (secondary N) is 1. The number of nitrogens with zero attached hydrogens (tertiary/aromatic N) is 1. The summed E-state index contributed by atoms with van der Waals surface area (Å²) in [7, 11) is -3.89. The third kappa shape index (κ3) is 6.57. The van der Waals surface area contributed by atoms with Crippen molar-refractivity contribution in [3.8, 4) is 0 Å². The number of carbonyl (C=O) groups excluding carboxylic acids is 1. The molecule has 1 atom stereocenters. The van der Waals surface area contributed by atoms with Gasteiger partial charge in [0.05, 0.1) is 10.6 Å². The maximum Gasteiger partial charge on any atom is 0.264 e. The van der Waals surface area contributed by atoms with Crippen LogP contribution in [0.3, 0.4) is 0 Å². The standard InChI is InChI=1S/C25H36N2O3S/c1-6-8-11-22(7-2)17-26-25(28)18-27(24-12-9-10-20(4)21(24)5)31(29,30)23-15-13-19(3)14-16-23/h9-10,12-16,22H,6-8,11,17-18H2,1-5H3,(H,26,28). The van der Waals surface area contributed by atoms with E-state index in [9.17, 15) is 13.2 Å². The Morgan fingerprint density at radius 2 is 1.71 bits per heavy atom. The van der Waals surface area contributed by atoms with Crippen molar-refractivity contribution in [2.45, 2.75) is 65.2 Å². The van der Waals surface area contributed by atoms with Crippen LogP contribution in [0, 0.1) is 26.7 Å². The molecule has 2 aromatic carbocycles. The third-order valence-electron chi connectivity index (χ3n) is 5.87. The molecule has 0 heterocycles. The van der Waals surface area contributed by atoms with E-state index in [0.29, 0.717) is 18.2 Å². The van der Waals surface area contributed by atoms with Gasteiger partial charge in [-0.3, -0.25) is 9.10 Å². The van der Waals surface area contributed by atoms with Crippen molar-refractivity contribution in [3.63, 3.8) is 0 Å². The van der Waals surface area contributed by atoms with Crippen LogP contribution in [0.4, 0.5) is 5.69 Å². The molecule has 0 aliphatic heterocycles. The average molecular weight is 445 g/mol. The van der Waals surface area contributed by atoms with Gasteiger partial charge >= 0.3 is 0 Å². The minimum Gasteiger partial charge on any atom is -0.354 e. The summed E-state index contributed by atoms with van der Waals surface area (Å²) in [4.78, 5) is 13.0. The lowest BCUT2D eigenvalue weighted by Crippen LogP contribution is -2.42. The molecule has 0 aliphatic carbocycles. The number of hydrogen-bond acceptors (Lipinski definition) is 3. The van der Waals surface area contributed by atoms with Crippen LogP contribution in [-0.4, -0.2) is 27.4 Å². The summed E-state index contributed by atoms with van der Waals surface area (Å²) in [5, 5.41) is 2.96. The Morgan fingerprint density at radius 3 is 2.32 bits per heavy atom. The molecule has 1 N–H and O–H groups in total. The van der Waals surface area contributed by atoms with Crippen LogP contribution < -0.4 is 9.62 Å². The number of amides is 1. The van der Waals surface area contributed by atoms with Crippen LogP contribution in [0.25, 0.3) is 0 Å². The highest BCUT2D eigenvalue weighted by atomic mass is 32.2. The molecular formula is C25H36N2O3S. The molecule has 0 aliphatic rings. The summed E-state index contributed by atoms with van der Waals surface area (Å²) in [5.74, 6) is 0.123. The van der Waals surface area contributed by atoms with E-state index in [-0.39, 0.29) is 17.3 Å².